The van der Waals surface area contributed by atoms with Crippen LogP contribution < -0.4 is 16.0 Å². The molecular weight excluding hydrogens is 558 g/mol. The van der Waals surface area contributed by atoms with Gasteiger partial charge < -0.3 is 20.7 Å². The van der Waals surface area contributed by atoms with Crippen LogP contribution in [0.1, 0.15) is 27.9 Å². The fourth-order valence-corrected chi connectivity index (χ4v) is 5.77. The standard InChI is InChI=1S/C31H35N3O5S2/c1-39-31(38)27(22-41-20-24-13-7-3-8-14-24)34-30(37)26(21-40-19-23-11-5-2-6-12-23)33-28(35)17-18-32-29(36)25-15-9-4-10-16-25/h2-16,26-27H,17-22H2,1H3,(H,32,36)(H,33,35)(H,34,37). The van der Waals surface area contributed by atoms with Crippen LogP contribution in [-0.2, 0) is 30.6 Å². The van der Waals surface area contributed by atoms with Gasteiger partial charge in [0.1, 0.15) is 12.1 Å². The Hall–Kier alpha value is -3.76. The Balaban J connectivity index is 1.57. The Morgan fingerprint density at radius 1 is 0.707 bits per heavy atom. The zero-order valence-electron chi connectivity index (χ0n) is 22.9. The Morgan fingerprint density at radius 3 is 1.76 bits per heavy atom. The zero-order valence-corrected chi connectivity index (χ0v) is 24.5. The maximum absolute atomic E-state index is 13.3. The molecule has 0 saturated heterocycles. The average molecular weight is 594 g/mol. The van der Waals surface area contributed by atoms with E-state index < -0.39 is 24.0 Å². The summed E-state index contributed by atoms with van der Waals surface area (Å²) in [6.45, 7) is 0.117. The molecule has 0 radical (unpaired) electrons. The van der Waals surface area contributed by atoms with E-state index in [4.69, 9.17) is 4.74 Å². The van der Waals surface area contributed by atoms with E-state index in [9.17, 15) is 19.2 Å². The SMILES string of the molecule is COC(=O)C(CSCc1ccccc1)NC(=O)C(CSCc1ccccc1)NC(=O)CCNC(=O)c1ccccc1. The van der Waals surface area contributed by atoms with Crippen LogP contribution in [0.25, 0.3) is 0 Å². The molecule has 0 aliphatic rings. The smallest absolute Gasteiger partial charge is 0.329 e. The molecule has 0 saturated carbocycles. The van der Waals surface area contributed by atoms with Crippen molar-refractivity contribution in [3.05, 3.63) is 108 Å². The summed E-state index contributed by atoms with van der Waals surface area (Å²) in [5.74, 6) is 0.261. The molecule has 3 amide bonds. The van der Waals surface area contributed by atoms with Crippen molar-refractivity contribution in [3.63, 3.8) is 0 Å². The molecule has 41 heavy (non-hydrogen) atoms. The summed E-state index contributed by atoms with van der Waals surface area (Å²) in [6, 6.07) is 26.6. The monoisotopic (exact) mass is 593 g/mol. The number of esters is 1. The molecule has 3 rings (SSSR count). The lowest BCUT2D eigenvalue weighted by molar-refractivity contribution is -0.144. The lowest BCUT2D eigenvalue weighted by atomic mass is 10.2. The number of carbonyl (C=O) groups is 4. The highest BCUT2D eigenvalue weighted by molar-refractivity contribution is 7.98. The van der Waals surface area contributed by atoms with Crippen LogP contribution in [0.5, 0.6) is 0 Å². The van der Waals surface area contributed by atoms with Crippen molar-refractivity contribution in [3.8, 4) is 0 Å². The van der Waals surface area contributed by atoms with E-state index in [0.717, 1.165) is 11.1 Å². The minimum absolute atomic E-state index is 0.000929. The summed E-state index contributed by atoms with van der Waals surface area (Å²) in [5, 5.41) is 8.27. The molecule has 3 N–H and O–H groups in total. The Morgan fingerprint density at radius 2 is 1.22 bits per heavy atom. The molecule has 0 spiro atoms. The predicted octanol–water partition coefficient (Wildman–Crippen LogP) is 3.82. The average Bonchev–Trinajstić information content (AvgIpc) is 3.01. The second kappa shape index (κ2) is 17.8. The summed E-state index contributed by atoms with van der Waals surface area (Å²) < 4.78 is 4.93. The van der Waals surface area contributed by atoms with Crippen LogP contribution >= 0.6 is 23.5 Å². The fraction of sp³-hybridized carbons (Fsp3) is 0.290. The van der Waals surface area contributed by atoms with E-state index >= 15 is 0 Å². The maximum atomic E-state index is 13.3. The zero-order chi connectivity index (χ0) is 29.3. The summed E-state index contributed by atoms with van der Waals surface area (Å²) in [7, 11) is 1.28. The van der Waals surface area contributed by atoms with Gasteiger partial charge in [-0.15, -0.1) is 0 Å². The van der Waals surface area contributed by atoms with Crippen LogP contribution in [0.15, 0.2) is 91.0 Å². The maximum Gasteiger partial charge on any atom is 0.329 e. The van der Waals surface area contributed by atoms with Crippen LogP contribution in [0.3, 0.4) is 0 Å². The lowest BCUT2D eigenvalue weighted by Crippen LogP contribution is -2.53. The highest BCUT2D eigenvalue weighted by atomic mass is 32.2. The van der Waals surface area contributed by atoms with Gasteiger partial charge >= 0.3 is 5.97 Å². The van der Waals surface area contributed by atoms with E-state index in [0.29, 0.717) is 28.6 Å². The van der Waals surface area contributed by atoms with Crippen LogP contribution in [0, 0.1) is 0 Å². The third-order valence-corrected chi connectivity index (χ3v) is 8.13. The van der Waals surface area contributed by atoms with Gasteiger partial charge in [0.25, 0.3) is 5.91 Å². The van der Waals surface area contributed by atoms with E-state index in [2.05, 4.69) is 16.0 Å². The van der Waals surface area contributed by atoms with Crippen molar-refractivity contribution in [1.82, 2.24) is 16.0 Å². The van der Waals surface area contributed by atoms with Crippen LogP contribution in [0.2, 0.25) is 0 Å². The molecule has 216 valence electrons. The van der Waals surface area contributed by atoms with E-state index in [-0.39, 0.29) is 24.8 Å². The molecule has 2 unspecified atom stereocenters. The third-order valence-electron chi connectivity index (χ3n) is 5.92. The van der Waals surface area contributed by atoms with Crippen molar-refractivity contribution in [2.45, 2.75) is 30.0 Å². The summed E-state index contributed by atoms with van der Waals surface area (Å²) in [4.78, 5) is 50.8. The molecular formula is C31H35N3O5S2. The number of hydrogen-bond acceptors (Lipinski definition) is 7. The first-order valence-corrected chi connectivity index (χ1v) is 15.5. The quantitative estimate of drug-likeness (QED) is 0.217. The summed E-state index contributed by atoms with van der Waals surface area (Å²) >= 11 is 3.01. The Bertz CT molecular complexity index is 1250. The van der Waals surface area contributed by atoms with Gasteiger partial charge in [0, 0.05) is 41.5 Å². The molecule has 0 heterocycles. The number of thioether (sulfide) groups is 2. The van der Waals surface area contributed by atoms with Crippen molar-refractivity contribution < 1.29 is 23.9 Å². The fourth-order valence-electron chi connectivity index (χ4n) is 3.75. The second-order valence-electron chi connectivity index (χ2n) is 9.08. The molecule has 0 bridgehead atoms. The molecule has 0 aromatic heterocycles. The number of amides is 3. The molecule has 2 atom stereocenters. The molecule has 0 aliphatic carbocycles. The molecule has 0 fully saturated rings. The molecule has 0 aliphatic heterocycles. The number of nitrogens with one attached hydrogen (secondary N) is 3. The van der Waals surface area contributed by atoms with Gasteiger partial charge in [-0.1, -0.05) is 78.9 Å². The predicted molar refractivity (Wildman–Crippen MR) is 164 cm³/mol. The minimum atomic E-state index is -0.882. The lowest BCUT2D eigenvalue weighted by Gasteiger charge is -2.22. The van der Waals surface area contributed by atoms with Crippen molar-refractivity contribution in [1.29, 1.82) is 0 Å². The molecule has 10 heteroatoms. The topological polar surface area (TPSA) is 114 Å². The number of benzene rings is 3. The third kappa shape index (κ3) is 11.7. The van der Waals surface area contributed by atoms with E-state index in [1.807, 2.05) is 66.7 Å². The highest BCUT2D eigenvalue weighted by Crippen LogP contribution is 2.15. The second-order valence-corrected chi connectivity index (χ2v) is 11.1. The van der Waals surface area contributed by atoms with E-state index in [1.54, 1.807) is 24.3 Å². The van der Waals surface area contributed by atoms with Gasteiger partial charge in [-0.25, -0.2) is 4.79 Å². The molecule has 8 nitrogen and oxygen atoms in total. The van der Waals surface area contributed by atoms with Gasteiger partial charge in [-0.3, -0.25) is 14.4 Å². The van der Waals surface area contributed by atoms with Gasteiger partial charge in [0.05, 0.1) is 7.11 Å². The normalized spacial score (nSPS) is 12.0. The summed E-state index contributed by atoms with van der Waals surface area (Å²) in [5.41, 5.74) is 2.70. The van der Waals surface area contributed by atoms with Gasteiger partial charge in [-0.2, -0.15) is 23.5 Å². The number of methoxy groups -OCH3 is 1. The first-order chi connectivity index (χ1) is 20.0. The molecule has 3 aromatic carbocycles. The van der Waals surface area contributed by atoms with Crippen molar-refractivity contribution >= 4 is 47.2 Å². The first kappa shape index (κ1) is 31.8. The molecule has 3 aromatic rings. The van der Waals surface area contributed by atoms with Crippen LogP contribution in [0.4, 0.5) is 0 Å². The number of carbonyl (C=O) groups excluding carboxylic acids is 4. The van der Waals surface area contributed by atoms with Gasteiger partial charge in [0.2, 0.25) is 11.8 Å². The number of rotatable bonds is 16. The Kier molecular flexibility index (Phi) is 13.8. The first-order valence-electron chi connectivity index (χ1n) is 13.2. The summed E-state index contributed by atoms with van der Waals surface area (Å²) in [6.07, 6.45) is -0.000929. The van der Waals surface area contributed by atoms with Crippen LogP contribution in [-0.4, -0.2) is 60.9 Å². The Labute approximate surface area is 249 Å². The highest BCUT2D eigenvalue weighted by Gasteiger charge is 2.27. The van der Waals surface area contributed by atoms with Gasteiger partial charge in [0.15, 0.2) is 0 Å². The van der Waals surface area contributed by atoms with Crippen molar-refractivity contribution in [2.75, 3.05) is 25.2 Å². The number of ether oxygens (including phenoxy) is 1. The largest absolute Gasteiger partial charge is 0.467 e. The number of hydrogen-bond donors (Lipinski definition) is 3. The van der Waals surface area contributed by atoms with Crippen molar-refractivity contribution in [2.24, 2.45) is 0 Å². The minimum Gasteiger partial charge on any atom is -0.467 e. The van der Waals surface area contributed by atoms with Gasteiger partial charge in [-0.05, 0) is 23.3 Å². The van der Waals surface area contributed by atoms with E-state index in [1.165, 1.54) is 30.6 Å².